The number of nitrogens with one attached hydrogen (secondary N) is 1. The molecule has 0 saturated carbocycles. The van der Waals surface area contributed by atoms with Crippen LogP contribution < -0.4 is 10.5 Å². The van der Waals surface area contributed by atoms with Crippen LogP contribution in [-0.2, 0) is 16.6 Å². The number of hydrogen-bond acceptors (Lipinski definition) is 4. The molecule has 2 aromatic rings. The zero-order valence-corrected chi connectivity index (χ0v) is 12.4. The monoisotopic (exact) mass is 321 g/mol. The Morgan fingerprint density at radius 3 is 2.67 bits per heavy atom. The molecule has 108 valence electrons. The summed E-state index contributed by atoms with van der Waals surface area (Å²) in [5.74, 6) is 0. The molecule has 0 atom stereocenters. The first kappa shape index (κ1) is 15.3. The second-order valence-electron chi connectivity index (χ2n) is 4.27. The first-order valence-electron chi connectivity index (χ1n) is 5.98. The Kier molecular flexibility index (Phi) is 4.48. The molecule has 0 aromatic heterocycles. The summed E-state index contributed by atoms with van der Waals surface area (Å²) < 4.78 is 27.1. The van der Waals surface area contributed by atoms with E-state index >= 15 is 0 Å². The minimum atomic E-state index is -3.88. The Bertz CT molecular complexity index is 813. The Morgan fingerprint density at radius 1 is 1.24 bits per heavy atom. The molecule has 0 amide bonds. The van der Waals surface area contributed by atoms with Crippen molar-refractivity contribution in [2.24, 2.45) is 5.73 Å². The van der Waals surface area contributed by atoms with Crippen molar-refractivity contribution in [3.8, 4) is 6.07 Å². The maximum atomic E-state index is 12.4. The third kappa shape index (κ3) is 3.52. The molecule has 5 nitrogen and oxygen atoms in total. The molecule has 2 aromatic carbocycles. The Labute approximate surface area is 128 Å². The highest BCUT2D eigenvalue weighted by Crippen LogP contribution is 2.25. The molecule has 0 aliphatic heterocycles. The molecule has 7 heteroatoms. The van der Waals surface area contributed by atoms with Crippen LogP contribution >= 0.6 is 11.6 Å². The van der Waals surface area contributed by atoms with E-state index < -0.39 is 10.0 Å². The molecular weight excluding hydrogens is 310 g/mol. The van der Waals surface area contributed by atoms with Gasteiger partial charge in [-0.3, -0.25) is 4.72 Å². The maximum absolute atomic E-state index is 12.4. The Morgan fingerprint density at radius 2 is 2.00 bits per heavy atom. The minimum Gasteiger partial charge on any atom is -0.326 e. The van der Waals surface area contributed by atoms with Crippen molar-refractivity contribution in [3.05, 3.63) is 58.6 Å². The van der Waals surface area contributed by atoms with Crippen LogP contribution in [0.5, 0.6) is 0 Å². The van der Waals surface area contributed by atoms with E-state index in [-0.39, 0.29) is 15.5 Å². The van der Waals surface area contributed by atoms with Gasteiger partial charge in [0.1, 0.15) is 4.90 Å². The van der Waals surface area contributed by atoms with Gasteiger partial charge in [0.05, 0.1) is 16.7 Å². The average Bonchev–Trinajstić information content (AvgIpc) is 2.47. The number of nitriles is 1. The van der Waals surface area contributed by atoms with Crippen molar-refractivity contribution in [2.75, 3.05) is 4.72 Å². The summed E-state index contributed by atoms with van der Waals surface area (Å²) in [6.45, 7) is 0.306. The number of anilines is 1. The summed E-state index contributed by atoms with van der Waals surface area (Å²) in [4.78, 5) is -0.138. The van der Waals surface area contributed by atoms with Crippen LogP contribution in [0.3, 0.4) is 0 Å². The number of rotatable bonds is 4. The minimum absolute atomic E-state index is 0.0523. The van der Waals surface area contributed by atoms with E-state index in [0.29, 0.717) is 12.2 Å². The topological polar surface area (TPSA) is 96.0 Å². The highest BCUT2D eigenvalue weighted by atomic mass is 35.5. The van der Waals surface area contributed by atoms with Gasteiger partial charge in [0.15, 0.2) is 0 Å². The van der Waals surface area contributed by atoms with Crippen LogP contribution in [0, 0.1) is 11.3 Å². The molecule has 0 saturated heterocycles. The van der Waals surface area contributed by atoms with Crippen LogP contribution in [-0.4, -0.2) is 8.42 Å². The summed E-state index contributed by atoms with van der Waals surface area (Å²) in [5.41, 5.74) is 6.92. The largest absolute Gasteiger partial charge is 0.326 e. The maximum Gasteiger partial charge on any atom is 0.263 e. The molecule has 0 unspecified atom stereocenters. The fourth-order valence-corrected chi connectivity index (χ4v) is 3.33. The zero-order chi connectivity index (χ0) is 15.5. The number of sulfonamides is 1. The van der Waals surface area contributed by atoms with Gasteiger partial charge in [-0.2, -0.15) is 5.26 Å². The van der Waals surface area contributed by atoms with Crippen LogP contribution in [0.1, 0.15) is 11.1 Å². The second kappa shape index (κ2) is 6.14. The van der Waals surface area contributed by atoms with Gasteiger partial charge in [-0.1, -0.05) is 23.7 Å². The first-order valence-corrected chi connectivity index (χ1v) is 7.84. The van der Waals surface area contributed by atoms with Crippen molar-refractivity contribution >= 4 is 27.3 Å². The van der Waals surface area contributed by atoms with Crippen LogP contribution in [0.2, 0.25) is 5.02 Å². The lowest BCUT2D eigenvalue weighted by molar-refractivity contribution is 0.601. The Hall–Kier alpha value is -2.07. The summed E-state index contributed by atoms with van der Waals surface area (Å²) in [6, 6.07) is 12.7. The first-order chi connectivity index (χ1) is 9.96. The predicted octanol–water partition coefficient (Wildman–Crippen LogP) is 2.47. The molecule has 0 fully saturated rings. The molecule has 0 heterocycles. The third-order valence-electron chi connectivity index (χ3n) is 2.76. The lowest BCUT2D eigenvalue weighted by Gasteiger charge is -2.10. The lowest BCUT2D eigenvalue weighted by Crippen LogP contribution is -2.14. The van der Waals surface area contributed by atoms with Gasteiger partial charge in [-0.05, 0) is 35.9 Å². The normalized spacial score (nSPS) is 10.9. The van der Waals surface area contributed by atoms with Gasteiger partial charge >= 0.3 is 0 Å². The molecule has 3 N–H and O–H groups in total. The van der Waals surface area contributed by atoms with Gasteiger partial charge in [-0.15, -0.1) is 0 Å². The lowest BCUT2D eigenvalue weighted by atomic mass is 10.2. The number of nitrogens with two attached hydrogens (primary N) is 1. The number of nitrogens with zero attached hydrogens (tertiary/aromatic N) is 1. The van der Waals surface area contributed by atoms with E-state index in [1.54, 1.807) is 24.3 Å². The predicted molar refractivity (Wildman–Crippen MR) is 81.3 cm³/mol. The van der Waals surface area contributed by atoms with E-state index in [2.05, 4.69) is 4.72 Å². The van der Waals surface area contributed by atoms with Gasteiger partial charge in [0, 0.05) is 12.2 Å². The van der Waals surface area contributed by atoms with Gasteiger partial charge in [0.25, 0.3) is 10.0 Å². The van der Waals surface area contributed by atoms with Crippen LogP contribution in [0.15, 0.2) is 47.4 Å². The summed E-state index contributed by atoms with van der Waals surface area (Å²) in [6.07, 6.45) is 0. The fourth-order valence-electron chi connectivity index (χ4n) is 1.75. The van der Waals surface area contributed by atoms with Crippen molar-refractivity contribution in [3.63, 3.8) is 0 Å². The highest BCUT2D eigenvalue weighted by molar-refractivity contribution is 7.92. The number of hydrogen-bond donors (Lipinski definition) is 2. The van der Waals surface area contributed by atoms with Gasteiger partial charge in [-0.25, -0.2) is 8.42 Å². The van der Waals surface area contributed by atoms with E-state index in [9.17, 15) is 8.42 Å². The average molecular weight is 322 g/mol. The van der Waals surface area contributed by atoms with Crippen molar-refractivity contribution < 1.29 is 8.42 Å². The third-order valence-corrected chi connectivity index (χ3v) is 4.63. The van der Waals surface area contributed by atoms with E-state index in [0.717, 1.165) is 5.56 Å². The summed E-state index contributed by atoms with van der Waals surface area (Å²) >= 11 is 5.91. The summed E-state index contributed by atoms with van der Waals surface area (Å²) in [7, 11) is -3.88. The number of halogens is 1. The quantitative estimate of drug-likeness (QED) is 0.904. The molecule has 0 bridgehead atoms. The molecule has 0 aliphatic carbocycles. The zero-order valence-electron chi connectivity index (χ0n) is 10.9. The fraction of sp³-hybridized carbons (Fsp3) is 0.0714. The van der Waals surface area contributed by atoms with Crippen LogP contribution in [0.4, 0.5) is 5.69 Å². The standard InChI is InChI=1S/C14H12ClN3O2S/c15-13-5-4-11(9-17)7-14(13)21(19,20)18-12-3-1-2-10(6-12)8-16/h1-7,18H,8,16H2. The molecule has 0 radical (unpaired) electrons. The van der Waals surface area contributed by atoms with Gasteiger partial charge in [0.2, 0.25) is 0 Å². The highest BCUT2D eigenvalue weighted by Gasteiger charge is 2.18. The number of benzene rings is 2. The van der Waals surface area contributed by atoms with Gasteiger partial charge < -0.3 is 5.73 Å². The van der Waals surface area contributed by atoms with Crippen molar-refractivity contribution in [1.29, 1.82) is 5.26 Å². The molecule has 21 heavy (non-hydrogen) atoms. The smallest absolute Gasteiger partial charge is 0.263 e. The van der Waals surface area contributed by atoms with E-state index in [4.69, 9.17) is 22.6 Å². The molecule has 2 rings (SSSR count). The SMILES string of the molecule is N#Cc1ccc(Cl)c(S(=O)(=O)Nc2cccc(CN)c2)c1. The molecule has 0 aliphatic rings. The summed E-state index contributed by atoms with van der Waals surface area (Å²) in [5, 5.41) is 8.91. The Balaban J connectivity index is 2.41. The van der Waals surface area contributed by atoms with E-state index in [1.807, 2.05) is 6.07 Å². The molecular formula is C14H12ClN3O2S. The molecule has 0 spiro atoms. The van der Waals surface area contributed by atoms with Crippen molar-refractivity contribution in [1.82, 2.24) is 0 Å². The van der Waals surface area contributed by atoms with E-state index in [1.165, 1.54) is 18.2 Å². The van der Waals surface area contributed by atoms with Crippen molar-refractivity contribution in [2.45, 2.75) is 11.4 Å². The second-order valence-corrected chi connectivity index (χ2v) is 6.33. The van der Waals surface area contributed by atoms with Crippen LogP contribution in [0.25, 0.3) is 0 Å².